The second-order valence-electron chi connectivity index (χ2n) is 1.30. The monoisotopic (exact) mass is 101 g/mol. The molecule has 1 N–H and O–H groups in total. The van der Waals surface area contributed by atoms with Crippen molar-refractivity contribution in [2.24, 2.45) is 4.99 Å². The number of aliphatic hydroxyl groups is 1. The van der Waals surface area contributed by atoms with Crippen LogP contribution < -0.4 is 0 Å². The van der Waals surface area contributed by atoms with Crippen LogP contribution in [-0.4, -0.2) is 24.5 Å². The summed E-state index contributed by atoms with van der Waals surface area (Å²) in [6.07, 6.45) is 0.854. The Morgan fingerprint density at radius 1 is 1.71 bits per heavy atom. The molecule has 0 aliphatic heterocycles. The summed E-state index contributed by atoms with van der Waals surface area (Å²) >= 11 is 0. The van der Waals surface area contributed by atoms with Gasteiger partial charge in [-0.05, 0) is 6.42 Å². The number of hydrogen-bond acceptors (Lipinski definition) is 2. The van der Waals surface area contributed by atoms with Gasteiger partial charge < -0.3 is 5.11 Å². The maximum Gasteiger partial charge on any atom is 0.0809 e. The fourth-order valence-corrected chi connectivity index (χ4v) is 0.341. The van der Waals surface area contributed by atoms with Crippen molar-refractivity contribution < 1.29 is 5.11 Å². The van der Waals surface area contributed by atoms with E-state index in [1.807, 2.05) is 6.92 Å². The Morgan fingerprint density at radius 3 is 2.29 bits per heavy atom. The van der Waals surface area contributed by atoms with Gasteiger partial charge in [-0.2, -0.15) is 0 Å². The van der Waals surface area contributed by atoms with Crippen LogP contribution in [0.15, 0.2) is 4.99 Å². The minimum atomic E-state index is 0.104. The first kappa shape index (κ1) is 6.63. The standard InChI is InChI=1S/C5H11NO/c1-3-5(4-7)6-2/h7H,3-4H2,1-2H3. The van der Waals surface area contributed by atoms with E-state index in [1.165, 1.54) is 0 Å². The number of rotatable bonds is 2. The summed E-state index contributed by atoms with van der Waals surface area (Å²) in [6, 6.07) is 0. The number of hydrogen-bond donors (Lipinski definition) is 1. The molecule has 0 amide bonds. The highest BCUT2D eigenvalue weighted by molar-refractivity contribution is 5.84. The van der Waals surface area contributed by atoms with Gasteiger partial charge in [-0.15, -0.1) is 0 Å². The van der Waals surface area contributed by atoms with Gasteiger partial charge in [-0.3, -0.25) is 4.99 Å². The molecule has 0 saturated carbocycles. The highest BCUT2D eigenvalue weighted by atomic mass is 16.3. The molecule has 2 nitrogen and oxygen atoms in total. The maximum absolute atomic E-state index is 8.40. The fraction of sp³-hybridized carbons (Fsp3) is 0.800. The van der Waals surface area contributed by atoms with Gasteiger partial charge in [0.25, 0.3) is 0 Å². The van der Waals surface area contributed by atoms with Crippen LogP contribution in [0, 0.1) is 0 Å². The van der Waals surface area contributed by atoms with E-state index in [4.69, 9.17) is 5.11 Å². The summed E-state index contributed by atoms with van der Waals surface area (Å²) in [5.74, 6) is 0. The molecule has 0 rings (SSSR count). The summed E-state index contributed by atoms with van der Waals surface area (Å²) < 4.78 is 0. The van der Waals surface area contributed by atoms with Crippen molar-refractivity contribution in [3.8, 4) is 0 Å². The van der Waals surface area contributed by atoms with Gasteiger partial charge in [0.15, 0.2) is 0 Å². The van der Waals surface area contributed by atoms with Crippen LogP contribution in [0.3, 0.4) is 0 Å². The van der Waals surface area contributed by atoms with Crippen molar-refractivity contribution in [1.82, 2.24) is 0 Å². The Hall–Kier alpha value is -0.370. The molecule has 0 heterocycles. The Kier molecular flexibility index (Phi) is 3.61. The lowest BCUT2D eigenvalue weighted by atomic mass is 10.3. The van der Waals surface area contributed by atoms with Crippen molar-refractivity contribution in [2.45, 2.75) is 13.3 Å². The zero-order valence-electron chi connectivity index (χ0n) is 4.81. The maximum atomic E-state index is 8.40. The third-order valence-corrected chi connectivity index (χ3v) is 0.907. The minimum absolute atomic E-state index is 0.104. The molecule has 0 spiro atoms. The molecule has 0 radical (unpaired) electrons. The van der Waals surface area contributed by atoms with E-state index in [0.717, 1.165) is 12.1 Å². The third-order valence-electron chi connectivity index (χ3n) is 0.907. The normalized spacial score (nSPS) is 12.1. The van der Waals surface area contributed by atoms with Crippen LogP contribution in [0.25, 0.3) is 0 Å². The summed E-state index contributed by atoms with van der Waals surface area (Å²) in [7, 11) is 1.69. The van der Waals surface area contributed by atoms with Crippen molar-refractivity contribution in [3.05, 3.63) is 0 Å². The predicted octanol–water partition coefficient (Wildman–Crippen LogP) is 0.459. The van der Waals surface area contributed by atoms with Crippen LogP contribution in [0.5, 0.6) is 0 Å². The summed E-state index contributed by atoms with van der Waals surface area (Å²) in [6.45, 7) is 2.07. The van der Waals surface area contributed by atoms with E-state index in [9.17, 15) is 0 Å². The number of aliphatic hydroxyl groups excluding tert-OH is 1. The van der Waals surface area contributed by atoms with Crippen molar-refractivity contribution in [1.29, 1.82) is 0 Å². The Labute approximate surface area is 43.9 Å². The molecule has 0 fully saturated rings. The highest BCUT2D eigenvalue weighted by Gasteiger charge is 1.85. The zero-order chi connectivity index (χ0) is 5.70. The molecule has 0 atom stereocenters. The molecule has 0 aliphatic rings. The zero-order valence-corrected chi connectivity index (χ0v) is 4.81. The summed E-state index contributed by atoms with van der Waals surface area (Å²) in [4.78, 5) is 3.79. The van der Waals surface area contributed by atoms with Crippen LogP contribution in [-0.2, 0) is 0 Å². The summed E-state index contributed by atoms with van der Waals surface area (Å²) in [5, 5.41) is 8.40. The van der Waals surface area contributed by atoms with Gasteiger partial charge in [-0.1, -0.05) is 6.92 Å². The molecular weight excluding hydrogens is 90.1 g/mol. The van der Waals surface area contributed by atoms with E-state index in [-0.39, 0.29) is 6.61 Å². The molecule has 0 aromatic carbocycles. The lowest BCUT2D eigenvalue weighted by Gasteiger charge is -1.91. The van der Waals surface area contributed by atoms with Crippen molar-refractivity contribution in [2.75, 3.05) is 13.7 Å². The largest absolute Gasteiger partial charge is 0.390 e. The first-order valence-corrected chi connectivity index (χ1v) is 2.40. The molecule has 0 aromatic rings. The molecule has 0 bridgehead atoms. The molecule has 0 aromatic heterocycles. The molecular formula is C5H11NO. The number of aliphatic imine (C=N–C) groups is 1. The first-order valence-electron chi connectivity index (χ1n) is 2.40. The molecule has 0 saturated heterocycles. The van der Waals surface area contributed by atoms with E-state index < -0.39 is 0 Å². The smallest absolute Gasteiger partial charge is 0.0809 e. The number of nitrogens with zero attached hydrogens (tertiary/aromatic N) is 1. The molecule has 2 heteroatoms. The molecule has 0 aliphatic carbocycles. The second kappa shape index (κ2) is 3.81. The SMILES string of the molecule is CCC(CO)=NC. The van der Waals surface area contributed by atoms with Gasteiger partial charge in [0, 0.05) is 12.8 Å². The molecule has 0 unspecified atom stereocenters. The van der Waals surface area contributed by atoms with Gasteiger partial charge in [0.1, 0.15) is 0 Å². The van der Waals surface area contributed by atoms with Crippen molar-refractivity contribution >= 4 is 5.71 Å². The Bertz CT molecular complexity index is 62.5. The van der Waals surface area contributed by atoms with Crippen LogP contribution >= 0.6 is 0 Å². The van der Waals surface area contributed by atoms with E-state index in [1.54, 1.807) is 7.05 Å². The second-order valence-corrected chi connectivity index (χ2v) is 1.30. The van der Waals surface area contributed by atoms with Crippen LogP contribution in [0.2, 0.25) is 0 Å². The fourth-order valence-electron chi connectivity index (χ4n) is 0.341. The predicted molar refractivity (Wildman–Crippen MR) is 30.7 cm³/mol. The van der Waals surface area contributed by atoms with Crippen molar-refractivity contribution in [3.63, 3.8) is 0 Å². The lowest BCUT2D eigenvalue weighted by molar-refractivity contribution is 0.355. The first-order chi connectivity index (χ1) is 3.35. The van der Waals surface area contributed by atoms with E-state index in [2.05, 4.69) is 4.99 Å². The van der Waals surface area contributed by atoms with Crippen LogP contribution in [0.4, 0.5) is 0 Å². The Balaban J connectivity index is 3.38. The van der Waals surface area contributed by atoms with Gasteiger partial charge in [0.05, 0.1) is 6.61 Å². The van der Waals surface area contributed by atoms with E-state index in [0.29, 0.717) is 0 Å². The summed E-state index contributed by atoms with van der Waals surface area (Å²) in [5.41, 5.74) is 0.861. The average molecular weight is 101 g/mol. The van der Waals surface area contributed by atoms with E-state index >= 15 is 0 Å². The lowest BCUT2D eigenvalue weighted by Crippen LogP contribution is -2.00. The van der Waals surface area contributed by atoms with Gasteiger partial charge in [0.2, 0.25) is 0 Å². The van der Waals surface area contributed by atoms with Gasteiger partial charge >= 0.3 is 0 Å². The Morgan fingerprint density at radius 2 is 2.29 bits per heavy atom. The third kappa shape index (κ3) is 2.34. The topological polar surface area (TPSA) is 32.6 Å². The average Bonchev–Trinajstić information content (AvgIpc) is 1.72. The van der Waals surface area contributed by atoms with Gasteiger partial charge in [-0.25, -0.2) is 0 Å². The molecule has 7 heavy (non-hydrogen) atoms. The van der Waals surface area contributed by atoms with Crippen LogP contribution in [0.1, 0.15) is 13.3 Å². The molecule has 42 valence electrons. The highest BCUT2D eigenvalue weighted by Crippen LogP contribution is 1.80. The quantitative estimate of drug-likeness (QED) is 0.503. The minimum Gasteiger partial charge on any atom is -0.390 e.